The monoisotopic (exact) mass is 243 g/mol. The lowest BCUT2D eigenvalue weighted by atomic mass is 10.0. The summed E-state index contributed by atoms with van der Waals surface area (Å²) in [6.45, 7) is 3.26. The van der Waals surface area contributed by atoms with Crippen LogP contribution in [-0.2, 0) is 6.54 Å². The first-order chi connectivity index (χ1) is 8.85. The zero-order chi connectivity index (χ0) is 12.4. The third-order valence-corrected chi connectivity index (χ3v) is 3.38. The minimum atomic E-state index is 0.309. The highest BCUT2D eigenvalue weighted by Gasteiger charge is 2.25. The van der Waals surface area contributed by atoms with Crippen LogP contribution in [0.2, 0.25) is 0 Å². The largest absolute Gasteiger partial charge is 0.396 e. The van der Waals surface area contributed by atoms with Crippen molar-refractivity contribution in [2.75, 3.05) is 19.7 Å². The predicted octanol–water partition coefficient (Wildman–Crippen LogP) is 1.30. The SMILES string of the molecule is OCC1CN(Cc2cccc(-n3cccn3)c2)C1. The van der Waals surface area contributed by atoms with E-state index in [0.29, 0.717) is 12.5 Å². The molecule has 3 rings (SSSR count). The molecule has 0 spiro atoms. The maximum atomic E-state index is 9.00. The highest BCUT2D eigenvalue weighted by Crippen LogP contribution is 2.19. The highest BCUT2D eigenvalue weighted by molar-refractivity contribution is 5.35. The second kappa shape index (κ2) is 4.92. The van der Waals surface area contributed by atoms with Gasteiger partial charge in [-0.1, -0.05) is 12.1 Å². The van der Waals surface area contributed by atoms with Gasteiger partial charge in [0.2, 0.25) is 0 Å². The first-order valence-electron chi connectivity index (χ1n) is 6.27. The molecule has 1 aliphatic rings. The maximum absolute atomic E-state index is 9.00. The van der Waals surface area contributed by atoms with E-state index in [-0.39, 0.29) is 0 Å². The van der Waals surface area contributed by atoms with Crippen molar-refractivity contribution < 1.29 is 5.11 Å². The molecule has 1 aliphatic heterocycles. The fraction of sp³-hybridized carbons (Fsp3) is 0.357. The third-order valence-electron chi connectivity index (χ3n) is 3.38. The zero-order valence-corrected chi connectivity index (χ0v) is 10.2. The third kappa shape index (κ3) is 2.30. The Morgan fingerprint density at radius 1 is 1.28 bits per heavy atom. The predicted molar refractivity (Wildman–Crippen MR) is 69.4 cm³/mol. The van der Waals surface area contributed by atoms with E-state index in [1.165, 1.54) is 5.56 Å². The van der Waals surface area contributed by atoms with Crippen molar-refractivity contribution in [3.05, 3.63) is 48.3 Å². The highest BCUT2D eigenvalue weighted by atomic mass is 16.3. The molecule has 0 unspecified atom stereocenters. The van der Waals surface area contributed by atoms with Crippen molar-refractivity contribution in [1.29, 1.82) is 0 Å². The number of rotatable bonds is 4. The van der Waals surface area contributed by atoms with Crippen molar-refractivity contribution in [3.63, 3.8) is 0 Å². The number of aromatic nitrogens is 2. The number of likely N-dealkylation sites (tertiary alicyclic amines) is 1. The van der Waals surface area contributed by atoms with Crippen LogP contribution in [0.3, 0.4) is 0 Å². The molecule has 4 nitrogen and oxygen atoms in total. The average molecular weight is 243 g/mol. The molecule has 94 valence electrons. The van der Waals surface area contributed by atoms with Crippen molar-refractivity contribution >= 4 is 0 Å². The fourth-order valence-electron chi connectivity index (χ4n) is 2.40. The molecule has 0 saturated carbocycles. The van der Waals surface area contributed by atoms with Crippen LogP contribution >= 0.6 is 0 Å². The lowest BCUT2D eigenvalue weighted by Crippen LogP contribution is -2.47. The van der Waals surface area contributed by atoms with Gasteiger partial charge < -0.3 is 5.11 Å². The van der Waals surface area contributed by atoms with Crippen LogP contribution in [0.1, 0.15) is 5.56 Å². The number of nitrogens with zero attached hydrogens (tertiary/aromatic N) is 3. The molecule has 2 heterocycles. The van der Waals surface area contributed by atoms with Crippen LogP contribution in [-0.4, -0.2) is 39.5 Å². The Morgan fingerprint density at radius 2 is 2.17 bits per heavy atom. The van der Waals surface area contributed by atoms with Crippen LogP contribution in [0.4, 0.5) is 0 Å². The van der Waals surface area contributed by atoms with Gasteiger partial charge in [-0.15, -0.1) is 0 Å². The minimum absolute atomic E-state index is 0.309. The van der Waals surface area contributed by atoms with E-state index in [1.54, 1.807) is 6.20 Å². The van der Waals surface area contributed by atoms with E-state index >= 15 is 0 Å². The van der Waals surface area contributed by atoms with Crippen LogP contribution in [0, 0.1) is 5.92 Å². The van der Waals surface area contributed by atoms with E-state index in [1.807, 2.05) is 16.9 Å². The van der Waals surface area contributed by atoms with Gasteiger partial charge >= 0.3 is 0 Å². The number of hydrogen-bond acceptors (Lipinski definition) is 3. The van der Waals surface area contributed by atoms with Gasteiger partial charge in [0, 0.05) is 44.6 Å². The van der Waals surface area contributed by atoms with Crippen LogP contribution < -0.4 is 0 Å². The second-order valence-corrected chi connectivity index (χ2v) is 4.86. The second-order valence-electron chi connectivity index (χ2n) is 4.86. The molecular formula is C14H17N3O. The molecule has 0 aliphatic carbocycles. The van der Waals surface area contributed by atoms with Gasteiger partial charge in [-0.3, -0.25) is 4.90 Å². The summed E-state index contributed by atoms with van der Waals surface area (Å²) in [7, 11) is 0. The Balaban J connectivity index is 1.68. The Hall–Kier alpha value is -1.65. The summed E-state index contributed by atoms with van der Waals surface area (Å²) in [5, 5.41) is 13.2. The summed E-state index contributed by atoms with van der Waals surface area (Å²) in [6.07, 6.45) is 3.73. The van der Waals surface area contributed by atoms with Gasteiger partial charge in [0.05, 0.1) is 5.69 Å². The van der Waals surface area contributed by atoms with E-state index in [2.05, 4.69) is 34.3 Å². The van der Waals surface area contributed by atoms with Crippen molar-refractivity contribution in [2.24, 2.45) is 5.92 Å². The van der Waals surface area contributed by atoms with E-state index in [4.69, 9.17) is 5.11 Å². The van der Waals surface area contributed by atoms with Crippen molar-refractivity contribution in [3.8, 4) is 5.69 Å². The topological polar surface area (TPSA) is 41.3 Å². The lowest BCUT2D eigenvalue weighted by Gasteiger charge is -2.38. The molecule has 1 saturated heterocycles. The van der Waals surface area contributed by atoms with Gasteiger partial charge in [-0.05, 0) is 23.8 Å². The summed E-state index contributed by atoms with van der Waals surface area (Å²) < 4.78 is 1.87. The van der Waals surface area contributed by atoms with Gasteiger partial charge in [-0.2, -0.15) is 5.10 Å². The van der Waals surface area contributed by atoms with E-state index < -0.39 is 0 Å². The van der Waals surface area contributed by atoms with Gasteiger partial charge in [-0.25, -0.2) is 4.68 Å². The molecule has 4 heteroatoms. The normalized spacial score (nSPS) is 16.7. The zero-order valence-electron chi connectivity index (χ0n) is 10.2. The molecule has 2 aromatic rings. The summed E-state index contributed by atoms with van der Waals surface area (Å²) in [5.74, 6) is 0.472. The number of aliphatic hydroxyl groups excluding tert-OH is 1. The Labute approximate surface area is 106 Å². The summed E-state index contributed by atoms with van der Waals surface area (Å²) in [5.41, 5.74) is 2.39. The Kier molecular flexibility index (Phi) is 3.13. The standard InChI is InChI=1S/C14H17N3O/c18-11-13-9-16(10-13)8-12-3-1-4-14(7-12)17-6-2-5-15-17/h1-7,13,18H,8-11H2. The Bertz CT molecular complexity index is 504. The molecule has 1 fully saturated rings. The molecule has 1 aromatic carbocycles. The molecule has 0 radical (unpaired) electrons. The quantitative estimate of drug-likeness (QED) is 0.880. The van der Waals surface area contributed by atoms with Gasteiger partial charge in [0.15, 0.2) is 0 Å². The Morgan fingerprint density at radius 3 is 2.89 bits per heavy atom. The van der Waals surface area contributed by atoms with Crippen LogP contribution in [0.15, 0.2) is 42.7 Å². The van der Waals surface area contributed by atoms with E-state index in [9.17, 15) is 0 Å². The molecule has 0 bridgehead atoms. The average Bonchev–Trinajstić information content (AvgIpc) is 2.87. The van der Waals surface area contributed by atoms with Crippen molar-refractivity contribution in [1.82, 2.24) is 14.7 Å². The number of hydrogen-bond donors (Lipinski definition) is 1. The van der Waals surface area contributed by atoms with Gasteiger partial charge in [0.25, 0.3) is 0 Å². The summed E-state index contributed by atoms with van der Waals surface area (Å²) >= 11 is 0. The maximum Gasteiger partial charge on any atom is 0.0648 e. The first kappa shape index (κ1) is 11.4. The number of aliphatic hydroxyl groups is 1. The van der Waals surface area contributed by atoms with Gasteiger partial charge in [0.1, 0.15) is 0 Å². The molecule has 0 amide bonds. The smallest absolute Gasteiger partial charge is 0.0648 e. The molecular weight excluding hydrogens is 226 g/mol. The first-order valence-corrected chi connectivity index (χ1v) is 6.27. The molecule has 0 atom stereocenters. The summed E-state index contributed by atoms with van der Waals surface area (Å²) in [6, 6.07) is 10.4. The van der Waals surface area contributed by atoms with E-state index in [0.717, 1.165) is 25.3 Å². The van der Waals surface area contributed by atoms with Crippen LogP contribution in [0.5, 0.6) is 0 Å². The lowest BCUT2D eigenvalue weighted by molar-refractivity contribution is 0.0479. The summed E-state index contributed by atoms with van der Waals surface area (Å²) in [4.78, 5) is 2.35. The fourth-order valence-corrected chi connectivity index (χ4v) is 2.40. The van der Waals surface area contributed by atoms with Crippen molar-refractivity contribution in [2.45, 2.75) is 6.54 Å². The molecule has 18 heavy (non-hydrogen) atoms. The minimum Gasteiger partial charge on any atom is -0.396 e. The number of benzene rings is 1. The molecule has 1 aromatic heterocycles. The molecule has 1 N–H and O–H groups in total. The van der Waals surface area contributed by atoms with Crippen LogP contribution in [0.25, 0.3) is 5.69 Å².